The Kier molecular flexibility index (Phi) is 10.3. The van der Waals surface area contributed by atoms with E-state index in [0.29, 0.717) is 11.8 Å². The molecule has 3 atom stereocenters. The van der Waals surface area contributed by atoms with Gasteiger partial charge in [-0.1, -0.05) is 0 Å². The Labute approximate surface area is 211 Å². The van der Waals surface area contributed by atoms with Crippen molar-refractivity contribution in [3.63, 3.8) is 0 Å². The van der Waals surface area contributed by atoms with Crippen LogP contribution in [0.3, 0.4) is 0 Å². The van der Waals surface area contributed by atoms with E-state index in [4.69, 9.17) is 14.7 Å². The van der Waals surface area contributed by atoms with Crippen LogP contribution >= 0.6 is 0 Å². The normalized spacial score (nSPS) is 15.2. The van der Waals surface area contributed by atoms with Crippen molar-refractivity contribution in [3.05, 3.63) is 34.6 Å². The van der Waals surface area contributed by atoms with E-state index in [2.05, 4.69) is 39.8 Å². The number of hydrogen-bond donors (Lipinski definition) is 0. The molecule has 0 amide bonds. The van der Waals surface area contributed by atoms with Crippen LogP contribution in [-0.4, -0.2) is 33.9 Å². The molecule has 3 rings (SSSR count). The third-order valence-corrected chi connectivity index (χ3v) is 8.39. The molecule has 1 aromatic carbocycles. The second kappa shape index (κ2) is 12.9. The minimum absolute atomic E-state index is 0.455. The summed E-state index contributed by atoms with van der Waals surface area (Å²) in [7, 11) is 1.81. The van der Waals surface area contributed by atoms with Gasteiger partial charge < -0.3 is 0 Å². The molecule has 1 aliphatic rings. The molecule has 1 aliphatic carbocycles. The van der Waals surface area contributed by atoms with Crippen LogP contribution in [0.5, 0.6) is 5.75 Å². The van der Waals surface area contributed by atoms with Crippen LogP contribution in [0.15, 0.2) is 12.1 Å². The average molecular weight is 513 g/mol. The molecule has 0 fully saturated rings. The molecular weight excluding hydrogens is 467 g/mol. The number of aryl methyl sites for hydroxylation is 1. The van der Waals surface area contributed by atoms with Crippen molar-refractivity contribution in [2.24, 2.45) is 0 Å². The van der Waals surface area contributed by atoms with E-state index in [1.54, 1.807) is 16.9 Å². The van der Waals surface area contributed by atoms with Crippen LogP contribution in [0, 0.1) is 0 Å². The maximum absolute atomic E-state index is 5.97. The molecule has 0 spiro atoms. The molecule has 33 heavy (non-hydrogen) atoms. The zero-order valence-electron chi connectivity index (χ0n) is 21.7. The molecule has 4 heteroatoms. The van der Waals surface area contributed by atoms with Gasteiger partial charge in [0.1, 0.15) is 0 Å². The van der Waals surface area contributed by atoms with E-state index in [9.17, 15) is 0 Å². The number of aromatic nitrogens is 2. The minimum atomic E-state index is 0.455. The number of fused-ring (bicyclic) bond motifs is 1. The Morgan fingerprint density at radius 3 is 2.12 bits per heavy atom. The average Bonchev–Trinajstić information content (AvgIpc) is 2.85. The van der Waals surface area contributed by atoms with E-state index < -0.39 is 0 Å². The molecule has 182 valence electrons. The number of rotatable bonds is 12. The fourth-order valence-electron chi connectivity index (χ4n) is 5.45. The predicted molar refractivity (Wildman–Crippen MR) is 144 cm³/mol. The van der Waals surface area contributed by atoms with Crippen LogP contribution in [0.2, 0.25) is 0 Å². The van der Waals surface area contributed by atoms with Crippen molar-refractivity contribution in [2.45, 2.75) is 117 Å². The topological polar surface area (TPSA) is 35.0 Å². The van der Waals surface area contributed by atoms with Gasteiger partial charge in [-0.2, -0.15) is 0 Å². The van der Waals surface area contributed by atoms with Gasteiger partial charge in [0.05, 0.1) is 0 Å². The molecular formula is C29H45AsN2O. The summed E-state index contributed by atoms with van der Waals surface area (Å²) in [6, 6.07) is 4.46. The number of methoxy groups -OCH3 is 1. The fourth-order valence-corrected chi connectivity index (χ4v) is 6.37. The van der Waals surface area contributed by atoms with Crippen molar-refractivity contribution in [3.8, 4) is 17.0 Å². The van der Waals surface area contributed by atoms with Gasteiger partial charge in [0.15, 0.2) is 0 Å². The molecule has 1 aromatic heterocycles. The molecule has 0 radical (unpaired) electrons. The Bertz CT molecular complexity index is 911. The Morgan fingerprint density at radius 1 is 0.879 bits per heavy atom. The molecule has 1 heterocycles. The summed E-state index contributed by atoms with van der Waals surface area (Å²) < 4.78 is 7.17. The SMILES string of the molecule is CCCCC(CC)c1nc(-c2c(OC)ccc3c2CCCC3)c(C(CC)CCCC)nc1[AsH2]. The Morgan fingerprint density at radius 2 is 1.52 bits per heavy atom. The summed E-state index contributed by atoms with van der Waals surface area (Å²) in [6.45, 7) is 9.19. The summed E-state index contributed by atoms with van der Waals surface area (Å²) in [5.41, 5.74) is 7.77. The molecule has 0 bridgehead atoms. The second-order valence-corrected chi connectivity index (χ2v) is 10.9. The summed E-state index contributed by atoms with van der Waals surface area (Å²) in [5.74, 6) is 1.92. The monoisotopic (exact) mass is 512 g/mol. The number of ether oxygens (including phenoxy) is 1. The van der Waals surface area contributed by atoms with Crippen LogP contribution in [0.25, 0.3) is 11.3 Å². The third kappa shape index (κ3) is 6.02. The third-order valence-electron chi connectivity index (χ3n) is 7.50. The van der Waals surface area contributed by atoms with Gasteiger partial charge in [-0.3, -0.25) is 0 Å². The molecule has 2 aromatic rings. The number of nitrogens with zero attached hydrogens (tertiary/aromatic N) is 2. The van der Waals surface area contributed by atoms with Gasteiger partial charge in [-0.25, -0.2) is 0 Å². The Hall–Kier alpha value is -1.34. The number of benzene rings is 1. The maximum atomic E-state index is 5.97. The molecule has 0 aliphatic heterocycles. The first kappa shape index (κ1) is 26.3. The summed E-state index contributed by atoms with van der Waals surface area (Å²) in [5, 5.41) is 0. The van der Waals surface area contributed by atoms with Gasteiger partial charge >= 0.3 is 211 Å². The van der Waals surface area contributed by atoms with Crippen molar-refractivity contribution in [1.29, 1.82) is 0 Å². The van der Waals surface area contributed by atoms with E-state index in [1.165, 1.54) is 83.9 Å². The van der Waals surface area contributed by atoms with Gasteiger partial charge in [-0.05, 0) is 0 Å². The van der Waals surface area contributed by atoms with Crippen LogP contribution < -0.4 is 9.22 Å². The van der Waals surface area contributed by atoms with Crippen molar-refractivity contribution in [2.75, 3.05) is 7.11 Å². The van der Waals surface area contributed by atoms with Crippen LogP contribution in [-0.2, 0) is 12.8 Å². The first-order chi connectivity index (χ1) is 16.1. The summed E-state index contributed by atoms with van der Waals surface area (Å²) in [4.78, 5) is 10.9. The van der Waals surface area contributed by atoms with E-state index in [0.717, 1.165) is 37.1 Å². The van der Waals surface area contributed by atoms with Gasteiger partial charge in [-0.15, -0.1) is 0 Å². The number of hydrogen-bond acceptors (Lipinski definition) is 3. The predicted octanol–water partition coefficient (Wildman–Crippen LogP) is 6.66. The van der Waals surface area contributed by atoms with Gasteiger partial charge in [0.2, 0.25) is 0 Å². The molecule has 3 nitrogen and oxygen atoms in total. The van der Waals surface area contributed by atoms with Crippen molar-refractivity contribution in [1.82, 2.24) is 9.97 Å². The first-order valence-corrected chi connectivity index (χ1v) is 14.7. The quantitative estimate of drug-likeness (QED) is 0.299. The summed E-state index contributed by atoms with van der Waals surface area (Å²) >= 11 is 1.63. The number of unbranched alkanes of at least 4 members (excludes halogenated alkanes) is 2. The molecule has 0 saturated carbocycles. The van der Waals surface area contributed by atoms with Gasteiger partial charge in [0, 0.05) is 0 Å². The van der Waals surface area contributed by atoms with Crippen molar-refractivity contribution >= 4 is 21.3 Å². The molecule has 0 saturated heterocycles. The Balaban J connectivity index is 2.26. The molecule has 3 unspecified atom stereocenters. The van der Waals surface area contributed by atoms with E-state index >= 15 is 0 Å². The molecule has 0 N–H and O–H groups in total. The van der Waals surface area contributed by atoms with E-state index in [1.807, 2.05) is 7.11 Å². The van der Waals surface area contributed by atoms with E-state index in [-0.39, 0.29) is 0 Å². The van der Waals surface area contributed by atoms with Crippen molar-refractivity contribution < 1.29 is 4.74 Å². The second-order valence-electron chi connectivity index (χ2n) is 9.71. The first-order valence-electron chi connectivity index (χ1n) is 13.5. The zero-order valence-corrected chi connectivity index (χ0v) is 24.1. The summed E-state index contributed by atoms with van der Waals surface area (Å²) in [6.07, 6.45) is 14.4. The van der Waals surface area contributed by atoms with Crippen LogP contribution in [0.1, 0.15) is 126 Å². The van der Waals surface area contributed by atoms with Gasteiger partial charge in [0.25, 0.3) is 0 Å². The van der Waals surface area contributed by atoms with Crippen LogP contribution in [0.4, 0.5) is 0 Å². The zero-order chi connectivity index (χ0) is 23.8. The fraction of sp³-hybridized carbons (Fsp3) is 0.655. The standard InChI is InChI=1S/C29H45AsN2O/c1-6-10-14-20(8-3)26-28(31-27(29(30)32-26)21(9-4)15-11-7-2)25-23-17-13-12-16-22(23)18-19-24(25)33-5/h18-21H,6-17,30H2,1-5H3.